The van der Waals surface area contributed by atoms with Crippen molar-refractivity contribution in [2.75, 3.05) is 17.6 Å². The number of anilines is 1. The first-order chi connectivity index (χ1) is 9.63. The molecule has 1 N–H and O–H groups in total. The van der Waals surface area contributed by atoms with Crippen LogP contribution in [0, 0.1) is 5.92 Å². The SMILES string of the molecule is CC(=O)Nc1ccc(C2SCC(=O)N2CC2CC2)cc1. The van der Waals surface area contributed by atoms with E-state index in [9.17, 15) is 9.59 Å². The molecule has 1 saturated heterocycles. The lowest BCUT2D eigenvalue weighted by atomic mass is 10.1. The lowest BCUT2D eigenvalue weighted by molar-refractivity contribution is -0.128. The van der Waals surface area contributed by atoms with Crippen molar-refractivity contribution >= 4 is 29.3 Å². The molecule has 3 rings (SSSR count). The van der Waals surface area contributed by atoms with Gasteiger partial charge < -0.3 is 10.2 Å². The maximum Gasteiger partial charge on any atom is 0.233 e. The van der Waals surface area contributed by atoms with Gasteiger partial charge in [-0.15, -0.1) is 11.8 Å². The number of carbonyl (C=O) groups excluding carboxylic acids is 2. The maximum atomic E-state index is 12.0. The minimum absolute atomic E-state index is 0.0708. The lowest BCUT2D eigenvalue weighted by Crippen LogP contribution is -2.30. The standard InChI is InChI=1S/C15H18N2O2S/c1-10(18)16-13-6-4-12(5-7-13)15-17(8-11-2-3-11)14(19)9-20-15/h4-7,11,15H,2-3,8-9H2,1H3,(H,16,18). The fourth-order valence-electron chi connectivity index (χ4n) is 2.44. The van der Waals surface area contributed by atoms with Gasteiger partial charge in [0.05, 0.1) is 5.75 Å². The first-order valence-corrected chi connectivity index (χ1v) is 7.97. The third kappa shape index (κ3) is 2.98. The molecule has 4 nitrogen and oxygen atoms in total. The summed E-state index contributed by atoms with van der Waals surface area (Å²) in [5, 5.41) is 2.89. The molecule has 106 valence electrons. The molecule has 2 amide bonds. The van der Waals surface area contributed by atoms with Gasteiger partial charge >= 0.3 is 0 Å². The molecule has 2 aliphatic rings. The van der Waals surface area contributed by atoms with Crippen LogP contribution in [0.25, 0.3) is 0 Å². The molecular formula is C15H18N2O2S. The van der Waals surface area contributed by atoms with Gasteiger partial charge in [-0.25, -0.2) is 0 Å². The van der Waals surface area contributed by atoms with Crippen molar-refractivity contribution < 1.29 is 9.59 Å². The van der Waals surface area contributed by atoms with Gasteiger partial charge in [0.25, 0.3) is 0 Å². The van der Waals surface area contributed by atoms with Crippen molar-refractivity contribution in [3.05, 3.63) is 29.8 Å². The molecule has 0 radical (unpaired) electrons. The van der Waals surface area contributed by atoms with Gasteiger partial charge in [-0.3, -0.25) is 9.59 Å². The molecular weight excluding hydrogens is 272 g/mol. The molecule has 0 spiro atoms. The Bertz CT molecular complexity index is 525. The van der Waals surface area contributed by atoms with Crippen LogP contribution in [0.2, 0.25) is 0 Å². The molecule has 0 aromatic heterocycles. The van der Waals surface area contributed by atoms with Crippen LogP contribution in [0.4, 0.5) is 5.69 Å². The summed E-state index contributed by atoms with van der Waals surface area (Å²) >= 11 is 1.69. The molecule has 1 aromatic carbocycles. The summed E-state index contributed by atoms with van der Waals surface area (Å²) in [7, 11) is 0. The first-order valence-electron chi connectivity index (χ1n) is 6.92. The minimum Gasteiger partial charge on any atom is -0.326 e. The van der Waals surface area contributed by atoms with Crippen LogP contribution >= 0.6 is 11.8 Å². The fraction of sp³-hybridized carbons (Fsp3) is 0.467. The summed E-state index contributed by atoms with van der Waals surface area (Å²) in [6, 6.07) is 7.80. The van der Waals surface area contributed by atoms with Crippen LogP contribution < -0.4 is 5.32 Å². The second-order valence-corrected chi connectivity index (χ2v) is 6.52. The highest BCUT2D eigenvalue weighted by molar-refractivity contribution is 8.00. The van der Waals surface area contributed by atoms with E-state index in [0.717, 1.165) is 17.8 Å². The lowest BCUT2D eigenvalue weighted by Gasteiger charge is -2.24. The smallest absolute Gasteiger partial charge is 0.233 e. The first kappa shape index (κ1) is 13.5. The third-order valence-electron chi connectivity index (χ3n) is 3.64. The number of hydrogen-bond acceptors (Lipinski definition) is 3. The van der Waals surface area contributed by atoms with Crippen LogP contribution in [-0.4, -0.2) is 29.0 Å². The Morgan fingerprint density at radius 1 is 1.35 bits per heavy atom. The number of nitrogens with zero attached hydrogens (tertiary/aromatic N) is 1. The third-order valence-corrected chi connectivity index (χ3v) is 4.89. The van der Waals surface area contributed by atoms with Crippen LogP contribution in [-0.2, 0) is 9.59 Å². The molecule has 1 heterocycles. The Morgan fingerprint density at radius 2 is 2.05 bits per heavy atom. The quantitative estimate of drug-likeness (QED) is 0.927. The van der Waals surface area contributed by atoms with E-state index in [4.69, 9.17) is 0 Å². The van der Waals surface area contributed by atoms with E-state index in [1.807, 2.05) is 29.2 Å². The number of rotatable bonds is 4. The molecule has 20 heavy (non-hydrogen) atoms. The Hall–Kier alpha value is -1.49. The fourth-order valence-corrected chi connectivity index (χ4v) is 3.64. The highest BCUT2D eigenvalue weighted by atomic mass is 32.2. The van der Waals surface area contributed by atoms with Gasteiger partial charge in [-0.2, -0.15) is 0 Å². The van der Waals surface area contributed by atoms with E-state index in [0.29, 0.717) is 11.7 Å². The van der Waals surface area contributed by atoms with Crippen LogP contribution in [0.1, 0.15) is 30.7 Å². The van der Waals surface area contributed by atoms with E-state index >= 15 is 0 Å². The summed E-state index contributed by atoms with van der Waals surface area (Å²) in [6.45, 7) is 2.39. The van der Waals surface area contributed by atoms with Crippen LogP contribution in [0.15, 0.2) is 24.3 Å². The molecule has 5 heteroatoms. The number of benzene rings is 1. The van der Waals surface area contributed by atoms with E-state index in [1.54, 1.807) is 11.8 Å². The number of carbonyl (C=O) groups is 2. The number of thioether (sulfide) groups is 1. The Kier molecular flexibility index (Phi) is 3.70. The molecule has 1 atom stereocenters. The van der Waals surface area contributed by atoms with E-state index in [-0.39, 0.29) is 17.2 Å². The van der Waals surface area contributed by atoms with Gasteiger partial charge in [0.2, 0.25) is 11.8 Å². The van der Waals surface area contributed by atoms with Gasteiger partial charge in [-0.05, 0) is 36.5 Å². The highest BCUT2D eigenvalue weighted by Gasteiger charge is 2.36. The zero-order chi connectivity index (χ0) is 14.1. The Morgan fingerprint density at radius 3 is 2.65 bits per heavy atom. The van der Waals surface area contributed by atoms with Gasteiger partial charge in [0.1, 0.15) is 5.37 Å². The normalized spacial score (nSPS) is 22.1. The highest BCUT2D eigenvalue weighted by Crippen LogP contribution is 2.42. The summed E-state index contributed by atoms with van der Waals surface area (Å²) in [4.78, 5) is 25.0. The molecule has 1 saturated carbocycles. The largest absolute Gasteiger partial charge is 0.326 e. The van der Waals surface area contributed by atoms with Crippen molar-refractivity contribution in [1.82, 2.24) is 4.90 Å². The second kappa shape index (κ2) is 5.48. The molecule has 1 aliphatic heterocycles. The summed E-state index contributed by atoms with van der Waals surface area (Å²) in [6.07, 6.45) is 2.51. The molecule has 1 aromatic rings. The van der Waals surface area contributed by atoms with Crippen LogP contribution in [0.3, 0.4) is 0 Å². The Balaban J connectivity index is 1.73. The minimum atomic E-state index is -0.0708. The maximum absolute atomic E-state index is 12.0. The van der Waals surface area contributed by atoms with Crippen molar-refractivity contribution in [3.63, 3.8) is 0 Å². The summed E-state index contributed by atoms with van der Waals surface area (Å²) < 4.78 is 0. The number of hydrogen-bond donors (Lipinski definition) is 1. The van der Waals surface area contributed by atoms with E-state index < -0.39 is 0 Å². The summed E-state index contributed by atoms with van der Waals surface area (Å²) in [5.74, 6) is 1.46. The number of nitrogens with one attached hydrogen (secondary N) is 1. The Labute approximate surface area is 122 Å². The van der Waals surface area contributed by atoms with Crippen molar-refractivity contribution in [1.29, 1.82) is 0 Å². The van der Waals surface area contributed by atoms with Crippen molar-refractivity contribution in [3.8, 4) is 0 Å². The van der Waals surface area contributed by atoms with Gasteiger partial charge in [0.15, 0.2) is 0 Å². The molecule has 0 bridgehead atoms. The van der Waals surface area contributed by atoms with Gasteiger partial charge in [-0.1, -0.05) is 12.1 Å². The molecule has 2 fully saturated rings. The van der Waals surface area contributed by atoms with Crippen molar-refractivity contribution in [2.45, 2.75) is 25.1 Å². The second-order valence-electron chi connectivity index (χ2n) is 5.46. The average molecular weight is 290 g/mol. The monoisotopic (exact) mass is 290 g/mol. The molecule has 1 unspecified atom stereocenters. The van der Waals surface area contributed by atoms with Gasteiger partial charge in [0, 0.05) is 19.2 Å². The molecule has 1 aliphatic carbocycles. The van der Waals surface area contributed by atoms with Crippen LogP contribution in [0.5, 0.6) is 0 Å². The summed E-state index contributed by atoms with van der Waals surface area (Å²) in [5.41, 5.74) is 1.93. The zero-order valence-electron chi connectivity index (χ0n) is 11.5. The van der Waals surface area contributed by atoms with E-state index in [1.165, 1.54) is 19.8 Å². The van der Waals surface area contributed by atoms with E-state index in [2.05, 4.69) is 5.32 Å². The topological polar surface area (TPSA) is 49.4 Å². The predicted octanol–water partition coefficient (Wildman–Crippen LogP) is 2.63. The van der Waals surface area contributed by atoms with Crippen molar-refractivity contribution in [2.24, 2.45) is 5.92 Å². The zero-order valence-corrected chi connectivity index (χ0v) is 12.3. The number of amides is 2. The average Bonchev–Trinajstić information content (AvgIpc) is 3.15. The predicted molar refractivity (Wildman–Crippen MR) is 80.4 cm³/mol.